The van der Waals surface area contributed by atoms with Gasteiger partial charge in [-0.25, -0.2) is 4.79 Å². The molecule has 0 bridgehead atoms. The highest BCUT2D eigenvalue weighted by Gasteiger charge is 2.25. The van der Waals surface area contributed by atoms with Gasteiger partial charge >= 0.3 is 5.69 Å². The number of aromatic nitrogens is 2. The molecule has 1 aromatic carbocycles. The Morgan fingerprint density at radius 2 is 1.84 bits per heavy atom. The van der Waals surface area contributed by atoms with Gasteiger partial charge < -0.3 is 11.1 Å². The van der Waals surface area contributed by atoms with E-state index in [2.05, 4.69) is 11.4 Å². The Balaban J connectivity index is 1.91. The first-order valence-corrected chi connectivity index (χ1v) is 8.29. The quantitative estimate of drug-likeness (QED) is 0.802. The van der Waals surface area contributed by atoms with Crippen LogP contribution in [0.5, 0.6) is 0 Å². The number of fused-ring (bicyclic) bond motifs is 1. The third kappa shape index (κ3) is 2.86. The summed E-state index contributed by atoms with van der Waals surface area (Å²) in [5, 5.41) is 3.14. The van der Waals surface area contributed by atoms with Crippen molar-refractivity contribution in [2.24, 2.45) is 14.1 Å². The third-order valence-corrected chi connectivity index (χ3v) is 4.83. The van der Waals surface area contributed by atoms with Crippen LogP contribution in [0.4, 0.5) is 11.5 Å². The number of hydrogen-bond donors (Lipinski definition) is 2. The van der Waals surface area contributed by atoms with Crippen LogP contribution in [0.25, 0.3) is 0 Å². The second kappa shape index (κ2) is 6.23. The lowest BCUT2D eigenvalue weighted by Crippen LogP contribution is -2.43. The molecule has 1 unspecified atom stereocenters. The number of carbonyl (C=O) groups is 1. The lowest BCUT2D eigenvalue weighted by atomic mass is 10.1. The Hall–Kier alpha value is -2.83. The van der Waals surface area contributed by atoms with E-state index in [4.69, 9.17) is 5.73 Å². The number of benzene rings is 1. The molecular weight excluding hydrogens is 320 g/mol. The van der Waals surface area contributed by atoms with Crippen molar-refractivity contribution in [1.82, 2.24) is 9.13 Å². The number of carbonyl (C=O) groups excluding carboxylic acids is 1. The van der Waals surface area contributed by atoms with Gasteiger partial charge in [-0.1, -0.05) is 6.07 Å². The molecule has 0 spiro atoms. The van der Waals surface area contributed by atoms with E-state index >= 15 is 0 Å². The van der Waals surface area contributed by atoms with Crippen LogP contribution in [0.15, 0.2) is 27.8 Å². The first-order chi connectivity index (χ1) is 11.8. The highest BCUT2D eigenvalue weighted by molar-refractivity contribution is 6.04. The van der Waals surface area contributed by atoms with Gasteiger partial charge in [0.2, 0.25) is 0 Å². The van der Waals surface area contributed by atoms with Gasteiger partial charge in [0.25, 0.3) is 5.56 Å². The number of nitrogen functional groups attached to an aromatic ring is 1. The molecule has 3 N–H and O–H groups in total. The fourth-order valence-corrected chi connectivity index (χ4v) is 3.29. The fourth-order valence-electron chi connectivity index (χ4n) is 3.29. The molecule has 1 atom stereocenters. The number of rotatable bonds is 4. The van der Waals surface area contributed by atoms with E-state index in [0.717, 1.165) is 34.1 Å². The number of anilines is 2. The Kier molecular flexibility index (Phi) is 4.24. The maximum atomic E-state index is 12.8. The SMILES string of the molecule is CC(Nc1ccc2c(c1)CCC2)C(=O)c1c(N)n(C)c(=O)n(C)c1=O. The molecule has 2 aromatic rings. The highest BCUT2D eigenvalue weighted by Crippen LogP contribution is 2.25. The molecule has 1 aliphatic carbocycles. The first kappa shape index (κ1) is 17.0. The average molecular weight is 342 g/mol. The Morgan fingerprint density at radius 3 is 2.56 bits per heavy atom. The zero-order chi connectivity index (χ0) is 18.3. The third-order valence-electron chi connectivity index (χ3n) is 4.83. The minimum Gasteiger partial charge on any atom is -0.384 e. The van der Waals surface area contributed by atoms with Crippen molar-refractivity contribution in [3.63, 3.8) is 0 Å². The topological polar surface area (TPSA) is 99.1 Å². The molecule has 1 aromatic heterocycles. The van der Waals surface area contributed by atoms with Crippen LogP contribution in [0, 0.1) is 0 Å². The standard InChI is InChI=1S/C18H22N4O3/c1-10(20-13-8-7-11-5-4-6-12(11)9-13)15(23)14-16(19)21(2)18(25)22(3)17(14)24/h7-10,20H,4-6,19H2,1-3H3. The number of hydrogen-bond acceptors (Lipinski definition) is 5. The largest absolute Gasteiger partial charge is 0.384 e. The first-order valence-electron chi connectivity index (χ1n) is 8.29. The van der Waals surface area contributed by atoms with Gasteiger partial charge in [-0.2, -0.15) is 0 Å². The number of aryl methyl sites for hydroxylation is 2. The van der Waals surface area contributed by atoms with E-state index in [1.165, 1.54) is 25.2 Å². The van der Waals surface area contributed by atoms with Gasteiger partial charge in [0.1, 0.15) is 11.4 Å². The zero-order valence-corrected chi connectivity index (χ0v) is 14.6. The van der Waals surface area contributed by atoms with Crippen molar-refractivity contribution < 1.29 is 4.79 Å². The van der Waals surface area contributed by atoms with Crippen molar-refractivity contribution in [3.05, 3.63) is 55.7 Å². The zero-order valence-electron chi connectivity index (χ0n) is 14.6. The van der Waals surface area contributed by atoms with Gasteiger partial charge in [-0.15, -0.1) is 0 Å². The smallest absolute Gasteiger partial charge is 0.332 e. The number of nitrogens with one attached hydrogen (secondary N) is 1. The maximum absolute atomic E-state index is 12.8. The molecule has 0 saturated carbocycles. The molecule has 0 saturated heterocycles. The predicted octanol–water partition coefficient (Wildman–Crippen LogP) is 0.838. The van der Waals surface area contributed by atoms with Gasteiger partial charge in [0.15, 0.2) is 5.78 Å². The van der Waals surface area contributed by atoms with E-state index in [-0.39, 0.29) is 11.4 Å². The lowest BCUT2D eigenvalue weighted by molar-refractivity contribution is 0.0973. The van der Waals surface area contributed by atoms with Crippen molar-refractivity contribution in [3.8, 4) is 0 Å². The summed E-state index contributed by atoms with van der Waals surface area (Å²) < 4.78 is 2.00. The fraction of sp³-hybridized carbons (Fsp3) is 0.389. The molecule has 0 amide bonds. The Morgan fingerprint density at radius 1 is 1.16 bits per heavy atom. The van der Waals surface area contributed by atoms with Gasteiger partial charge in [0, 0.05) is 19.8 Å². The van der Waals surface area contributed by atoms with Crippen molar-refractivity contribution in [2.45, 2.75) is 32.2 Å². The summed E-state index contributed by atoms with van der Waals surface area (Å²) in [5.74, 6) is -0.546. The molecule has 0 radical (unpaired) electrons. The molecule has 3 rings (SSSR count). The van der Waals surface area contributed by atoms with E-state index in [9.17, 15) is 14.4 Å². The van der Waals surface area contributed by atoms with Crippen LogP contribution in [-0.4, -0.2) is 21.0 Å². The minimum absolute atomic E-state index is 0.110. The van der Waals surface area contributed by atoms with Gasteiger partial charge in [0.05, 0.1) is 6.04 Å². The van der Waals surface area contributed by atoms with Crippen molar-refractivity contribution in [1.29, 1.82) is 0 Å². The summed E-state index contributed by atoms with van der Waals surface area (Å²) in [6, 6.07) is 5.42. The summed E-state index contributed by atoms with van der Waals surface area (Å²) in [6.07, 6.45) is 3.29. The average Bonchev–Trinajstić information content (AvgIpc) is 3.06. The monoisotopic (exact) mass is 342 g/mol. The summed E-state index contributed by atoms with van der Waals surface area (Å²) in [7, 11) is 2.77. The van der Waals surface area contributed by atoms with Crippen LogP contribution in [-0.2, 0) is 26.9 Å². The lowest BCUT2D eigenvalue weighted by Gasteiger charge is -2.17. The van der Waals surface area contributed by atoms with Crippen LogP contribution in [0.2, 0.25) is 0 Å². The molecule has 7 nitrogen and oxygen atoms in total. The van der Waals surface area contributed by atoms with E-state index in [1.54, 1.807) is 6.92 Å². The molecule has 7 heteroatoms. The van der Waals surface area contributed by atoms with Crippen LogP contribution >= 0.6 is 0 Å². The van der Waals surface area contributed by atoms with Gasteiger partial charge in [-0.3, -0.25) is 18.7 Å². The molecular formula is C18H22N4O3. The highest BCUT2D eigenvalue weighted by atomic mass is 16.2. The maximum Gasteiger partial charge on any atom is 0.332 e. The summed E-state index contributed by atoms with van der Waals surface area (Å²) >= 11 is 0. The second-order valence-corrected chi connectivity index (χ2v) is 6.53. The summed E-state index contributed by atoms with van der Waals surface area (Å²) in [5.41, 5.74) is 7.95. The molecule has 25 heavy (non-hydrogen) atoms. The van der Waals surface area contributed by atoms with Gasteiger partial charge in [-0.05, 0) is 49.4 Å². The molecule has 0 fully saturated rings. The minimum atomic E-state index is -0.673. The van der Waals surface area contributed by atoms with E-state index in [1.807, 2.05) is 12.1 Å². The number of Topliss-reactive ketones (excluding diaryl/α,β-unsaturated/α-hetero) is 1. The molecule has 1 heterocycles. The Bertz CT molecular complexity index is 972. The normalized spacial score (nSPS) is 14.2. The molecule has 1 aliphatic rings. The number of nitrogens with zero attached hydrogens (tertiary/aromatic N) is 2. The number of ketones is 1. The summed E-state index contributed by atoms with van der Waals surface area (Å²) in [4.78, 5) is 37.0. The number of nitrogens with two attached hydrogens (primary N) is 1. The van der Waals surface area contributed by atoms with Crippen molar-refractivity contribution in [2.75, 3.05) is 11.1 Å². The molecule has 0 aliphatic heterocycles. The van der Waals surface area contributed by atoms with Crippen LogP contribution < -0.4 is 22.3 Å². The van der Waals surface area contributed by atoms with E-state index in [0.29, 0.717) is 0 Å². The Labute approximate surface area is 145 Å². The summed E-state index contributed by atoms with van der Waals surface area (Å²) in [6.45, 7) is 1.68. The second-order valence-electron chi connectivity index (χ2n) is 6.53. The van der Waals surface area contributed by atoms with Crippen molar-refractivity contribution >= 4 is 17.3 Å². The van der Waals surface area contributed by atoms with Crippen LogP contribution in [0.3, 0.4) is 0 Å². The molecule has 132 valence electrons. The predicted molar refractivity (Wildman–Crippen MR) is 97.2 cm³/mol. The van der Waals surface area contributed by atoms with E-state index < -0.39 is 23.1 Å². The van der Waals surface area contributed by atoms with Crippen LogP contribution in [0.1, 0.15) is 34.8 Å².